The Labute approximate surface area is 144 Å². The maximum Gasteiger partial charge on any atom is 0.343 e. The third kappa shape index (κ3) is 3.63. The molecule has 0 radical (unpaired) electrons. The number of rotatable bonds is 5. The highest BCUT2D eigenvalue weighted by molar-refractivity contribution is 6.14. The Morgan fingerprint density at radius 1 is 1.12 bits per heavy atom. The fourth-order valence-electron chi connectivity index (χ4n) is 2.34. The molecule has 2 aromatic rings. The van der Waals surface area contributed by atoms with Gasteiger partial charge in [-0.3, -0.25) is 4.79 Å². The zero-order chi connectivity index (χ0) is 17.8. The molecule has 0 aliphatic carbocycles. The Morgan fingerprint density at radius 3 is 2.72 bits per heavy atom. The molecular weight excluding hydrogens is 324 g/mol. The van der Waals surface area contributed by atoms with Crippen LogP contribution in [0.1, 0.15) is 15.9 Å². The van der Waals surface area contributed by atoms with Gasteiger partial charge in [-0.25, -0.2) is 4.79 Å². The molecule has 128 valence electrons. The molecule has 0 atom stereocenters. The Kier molecular flexibility index (Phi) is 4.70. The summed E-state index contributed by atoms with van der Waals surface area (Å²) >= 11 is 0. The quantitative estimate of drug-likeness (QED) is 0.616. The van der Waals surface area contributed by atoms with Crippen molar-refractivity contribution in [2.45, 2.75) is 0 Å². The van der Waals surface area contributed by atoms with Gasteiger partial charge in [0, 0.05) is 6.07 Å². The van der Waals surface area contributed by atoms with Crippen molar-refractivity contribution in [2.24, 2.45) is 0 Å². The number of carbonyl (C=O) groups excluding carboxylic acids is 2. The summed E-state index contributed by atoms with van der Waals surface area (Å²) in [6.45, 7) is -0.183. The van der Waals surface area contributed by atoms with Crippen molar-refractivity contribution in [2.75, 3.05) is 20.8 Å². The summed E-state index contributed by atoms with van der Waals surface area (Å²) in [5, 5.41) is 0. The third-order valence-corrected chi connectivity index (χ3v) is 3.62. The molecule has 6 nitrogen and oxygen atoms in total. The van der Waals surface area contributed by atoms with Crippen LogP contribution in [0, 0.1) is 0 Å². The second-order valence-corrected chi connectivity index (χ2v) is 5.24. The van der Waals surface area contributed by atoms with Gasteiger partial charge >= 0.3 is 5.97 Å². The first kappa shape index (κ1) is 16.6. The zero-order valence-corrected chi connectivity index (χ0v) is 13.8. The highest BCUT2D eigenvalue weighted by atomic mass is 16.6. The summed E-state index contributed by atoms with van der Waals surface area (Å²) in [5.74, 6) is 1.12. The number of fused-ring (bicyclic) bond motifs is 1. The lowest BCUT2D eigenvalue weighted by Crippen LogP contribution is -2.12. The van der Waals surface area contributed by atoms with E-state index < -0.39 is 5.97 Å². The highest BCUT2D eigenvalue weighted by Crippen LogP contribution is 2.34. The minimum absolute atomic E-state index is 0.183. The van der Waals surface area contributed by atoms with Crippen LogP contribution in [0.2, 0.25) is 0 Å². The third-order valence-electron chi connectivity index (χ3n) is 3.62. The number of carbonyl (C=O) groups is 2. The minimum Gasteiger partial charge on any atom is -0.497 e. The number of esters is 1. The van der Waals surface area contributed by atoms with E-state index >= 15 is 0 Å². The molecule has 0 fully saturated rings. The lowest BCUT2D eigenvalue weighted by atomic mass is 10.1. The van der Waals surface area contributed by atoms with E-state index in [1.807, 2.05) is 0 Å². The van der Waals surface area contributed by atoms with Gasteiger partial charge in [0.25, 0.3) is 0 Å². The Morgan fingerprint density at radius 2 is 1.96 bits per heavy atom. The number of hydrogen-bond acceptors (Lipinski definition) is 6. The first-order valence-electron chi connectivity index (χ1n) is 7.52. The number of ketones is 1. The monoisotopic (exact) mass is 340 g/mol. The molecule has 0 bridgehead atoms. The fourth-order valence-corrected chi connectivity index (χ4v) is 2.34. The number of hydrogen-bond donors (Lipinski definition) is 0. The van der Waals surface area contributed by atoms with Crippen molar-refractivity contribution in [3.05, 3.63) is 59.4 Å². The topological polar surface area (TPSA) is 71.1 Å². The maximum atomic E-state index is 12.4. The first-order chi connectivity index (χ1) is 12.1. The number of benzene rings is 2. The standard InChI is InChI=1S/C19H16O6/c1-22-13-6-7-15-16(10-13)25-17(19(15)21)9-12-4-3-5-14(8-12)24-11-18(20)23-2/h3-10H,11H2,1-2H3/b17-9-. The van der Waals surface area contributed by atoms with Crippen LogP contribution in [0.3, 0.4) is 0 Å². The van der Waals surface area contributed by atoms with E-state index in [-0.39, 0.29) is 18.1 Å². The Bertz CT molecular complexity index is 853. The maximum absolute atomic E-state index is 12.4. The predicted molar refractivity (Wildman–Crippen MR) is 89.9 cm³/mol. The molecule has 6 heteroatoms. The molecule has 0 saturated heterocycles. The van der Waals surface area contributed by atoms with Gasteiger partial charge in [0.1, 0.15) is 17.2 Å². The summed E-state index contributed by atoms with van der Waals surface area (Å²) in [6.07, 6.45) is 1.62. The molecule has 0 spiro atoms. The summed E-state index contributed by atoms with van der Waals surface area (Å²) in [6, 6.07) is 12.0. The van der Waals surface area contributed by atoms with Gasteiger partial charge in [0.05, 0.1) is 19.8 Å². The molecule has 3 rings (SSSR count). The van der Waals surface area contributed by atoms with Crippen LogP contribution >= 0.6 is 0 Å². The van der Waals surface area contributed by atoms with Gasteiger partial charge in [0.2, 0.25) is 5.78 Å². The van der Waals surface area contributed by atoms with E-state index in [1.165, 1.54) is 7.11 Å². The second-order valence-electron chi connectivity index (χ2n) is 5.24. The lowest BCUT2D eigenvalue weighted by molar-refractivity contribution is -0.142. The lowest BCUT2D eigenvalue weighted by Gasteiger charge is -2.05. The van der Waals surface area contributed by atoms with Crippen LogP contribution in [0.4, 0.5) is 0 Å². The predicted octanol–water partition coefficient (Wildman–Crippen LogP) is 2.86. The smallest absolute Gasteiger partial charge is 0.343 e. The number of Topliss-reactive ketones (excluding diaryl/α,β-unsaturated/α-hetero) is 1. The highest BCUT2D eigenvalue weighted by Gasteiger charge is 2.27. The average Bonchev–Trinajstić information content (AvgIpc) is 2.95. The summed E-state index contributed by atoms with van der Waals surface area (Å²) in [4.78, 5) is 23.5. The van der Waals surface area contributed by atoms with Crippen molar-refractivity contribution in [3.8, 4) is 17.2 Å². The van der Waals surface area contributed by atoms with E-state index in [1.54, 1.807) is 55.7 Å². The minimum atomic E-state index is -0.470. The molecular formula is C19H16O6. The van der Waals surface area contributed by atoms with E-state index in [0.717, 1.165) is 0 Å². The number of allylic oxidation sites excluding steroid dienone is 1. The van der Waals surface area contributed by atoms with Gasteiger partial charge in [-0.05, 0) is 35.9 Å². The van der Waals surface area contributed by atoms with Crippen molar-refractivity contribution < 1.29 is 28.5 Å². The molecule has 2 aromatic carbocycles. The molecule has 0 aromatic heterocycles. The fraction of sp³-hybridized carbons (Fsp3) is 0.158. The largest absolute Gasteiger partial charge is 0.497 e. The van der Waals surface area contributed by atoms with Crippen molar-refractivity contribution in [3.63, 3.8) is 0 Å². The molecule has 1 aliphatic heterocycles. The van der Waals surface area contributed by atoms with E-state index in [4.69, 9.17) is 14.2 Å². The van der Waals surface area contributed by atoms with Crippen molar-refractivity contribution in [1.82, 2.24) is 0 Å². The van der Waals surface area contributed by atoms with E-state index in [0.29, 0.717) is 28.4 Å². The van der Waals surface area contributed by atoms with Crippen LogP contribution in [0.15, 0.2) is 48.2 Å². The van der Waals surface area contributed by atoms with Gasteiger partial charge in [0.15, 0.2) is 12.4 Å². The zero-order valence-electron chi connectivity index (χ0n) is 13.8. The van der Waals surface area contributed by atoms with Crippen LogP contribution in [0.25, 0.3) is 6.08 Å². The number of methoxy groups -OCH3 is 2. The van der Waals surface area contributed by atoms with Crippen molar-refractivity contribution >= 4 is 17.8 Å². The molecule has 0 N–H and O–H groups in total. The molecule has 1 aliphatic rings. The first-order valence-corrected chi connectivity index (χ1v) is 7.52. The van der Waals surface area contributed by atoms with Gasteiger partial charge in [-0.2, -0.15) is 0 Å². The molecule has 0 unspecified atom stereocenters. The summed E-state index contributed by atoms with van der Waals surface area (Å²) in [7, 11) is 2.84. The molecule has 1 heterocycles. The molecule has 25 heavy (non-hydrogen) atoms. The van der Waals surface area contributed by atoms with Crippen LogP contribution < -0.4 is 14.2 Å². The van der Waals surface area contributed by atoms with Gasteiger partial charge in [-0.1, -0.05) is 12.1 Å². The van der Waals surface area contributed by atoms with Gasteiger partial charge in [-0.15, -0.1) is 0 Å². The second kappa shape index (κ2) is 7.09. The Hall–Kier alpha value is -3.28. The van der Waals surface area contributed by atoms with E-state index in [2.05, 4.69) is 4.74 Å². The normalized spacial score (nSPS) is 14.0. The average molecular weight is 340 g/mol. The molecule has 0 amide bonds. The van der Waals surface area contributed by atoms with Crippen LogP contribution in [0.5, 0.6) is 17.2 Å². The summed E-state index contributed by atoms with van der Waals surface area (Å²) in [5.41, 5.74) is 1.20. The Balaban J connectivity index is 1.79. The van der Waals surface area contributed by atoms with Crippen molar-refractivity contribution in [1.29, 1.82) is 0 Å². The van der Waals surface area contributed by atoms with E-state index in [9.17, 15) is 9.59 Å². The molecule has 0 saturated carbocycles. The number of ether oxygens (including phenoxy) is 4. The van der Waals surface area contributed by atoms with Gasteiger partial charge < -0.3 is 18.9 Å². The summed E-state index contributed by atoms with van der Waals surface area (Å²) < 4.78 is 20.6. The van der Waals surface area contributed by atoms with Crippen LogP contribution in [-0.4, -0.2) is 32.6 Å². The van der Waals surface area contributed by atoms with Crippen LogP contribution in [-0.2, 0) is 9.53 Å². The SMILES string of the molecule is COC(=O)COc1cccc(/C=C2\Oc3cc(OC)ccc3C2=O)c1.